The molecule has 5 aromatic rings. The number of aromatic nitrogens is 1. The second-order valence-electron chi connectivity index (χ2n) is 7.03. The van der Waals surface area contributed by atoms with E-state index in [1.807, 2.05) is 43.3 Å². The van der Waals surface area contributed by atoms with Crippen molar-refractivity contribution in [1.29, 1.82) is 0 Å². The highest BCUT2D eigenvalue weighted by molar-refractivity contribution is 6.14. The highest BCUT2D eigenvalue weighted by Gasteiger charge is 2.24. The van der Waals surface area contributed by atoms with E-state index in [2.05, 4.69) is 0 Å². The Morgan fingerprint density at radius 3 is 2.48 bits per heavy atom. The summed E-state index contributed by atoms with van der Waals surface area (Å²) in [4.78, 5) is 0. The van der Waals surface area contributed by atoms with Crippen LogP contribution >= 0.6 is 0 Å². The summed E-state index contributed by atoms with van der Waals surface area (Å²) in [6, 6.07) is 16.9. The smallest absolute Gasteiger partial charge is 0.224 e. The fourth-order valence-corrected chi connectivity index (χ4v) is 3.95. The van der Waals surface area contributed by atoms with E-state index < -0.39 is 13.7 Å². The molecule has 0 saturated heterocycles. The lowest BCUT2D eigenvalue weighted by Crippen LogP contribution is -2.31. The maximum absolute atomic E-state index is 8.08. The molecular weight excluding hydrogens is 330 g/mol. The van der Waals surface area contributed by atoms with Crippen molar-refractivity contribution in [1.82, 2.24) is 0 Å². The number of fused-ring (bicyclic) bond motifs is 4. The van der Waals surface area contributed by atoms with E-state index in [0.29, 0.717) is 16.6 Å². The maximum atomic E-state index is 8.08. The molecule has 3 aromatic carbocycles. The zero-order valence-electron chi connectivity index (χ0n) is 21.1. The topological polar surface area (TPSA) is 17.0 Å². The Hall–Kier alpha value is -3.13. The quantitative estimate of drug-likeness (QED) is 0.328. The van der Waals surface area contributed by atoms with E-state index in [9.17, 15) is 0 Å². The number of rotatable bonds is 1. The molecule has 5 rings (SSSR count). The fraction of sp³-hybridized carbons (Fsp3) is 0.160. The summed E-state index contributed by atoms with van der Waals surface area (Å²) in [6.45, 7) is -2.69. The summed E-state index contributed by atoms with van der Waals surface area (Å²) in [5.41, 5.74) is 3.74. The number of hydrogen-bond donors (Lipinski definition) is 0. The lowest BCUT2D eigenvalue weighted by Gasteiger charge is -2.08. The number of hydrogen-bond acceptors (Lipinski definition) is 1. The van der Waals surface area contributed by atoms with Gasteiger partial charge in [-0.25, -0.2) is 0 Å². The van der Waals surface area contributed by atoms with E-state index in [0.717, 1.165) is 33.0 Å². The Morgan fingerprint density at radius 2 is 1.74 bits per heavy atom. The normalized spacial score (nSPS) is 15.9. The van der Waals surface area contributed by atoms with Gasteiger partial charge in [-0.1, -0.05) is 42.0 Å². The van der Waals surface area contributed by atoms with Gasteiger partial charge in [-0.2, -0.15) is 4.57 Å². The third-order valence-electron chi connectivity index (χ3n) is 5.19. The number of nitrogens with zero attached hydrogens (tertiary/aromatic N) is 1. The molecule has 2 heterocycles. The third kappa shape index (κ3) is 2.37. The van der Waals surface area contributed by atoms with Crippen molar-refractivity contribution < 1.29 is 17.2 Å². The molecule has 132 valence electrons. The van der Waals surface area contributed by atoms with E-state index in [1.165, 1.54) is 0 Å². The van der Waals surface area contributed by atoms with Crippen LogP contribution in [0.15, 0.2) is 65.2 Å². The predicted octanol–water partition coefficient (Wildman–Crippen LogP) is 6.16. The van der Waals surface area contributed by atoms with Gasteiger partial charge in [0.25, 0.3) is 0 Å². The fourth-order valence-electron chi connectivity index (χ4n) is 3.95. The average Bonchev–Trinajstić information content (AvgIpc) is 3.08. The van der Waals surface area contributed by atoms with Gasteiger partial charge in [0.2, 0.25) is 5.69 Å². The molecule has 0 aliphatic heterocycles. The van der Waals surface area contributed by atoms with Gasteiger partial charge in [-0.3, -0.25) is 0 Å². The van der Waals surface area contributed by atoms with Crippen LogP contribution < -0.4 is 4.57 Å². The molecular formula is C25H22NO+. The van der Waals surface area contributed by atoms with Gasteiger partial charge in [-0.05, 0) is 55.2 Å². The van der Waals surface area contributed by atoms with Crippen LogP contribution in [0.3, 0.4) is 0 Å². The minimum Gasteiger partial charge on any atom is -0.455 e. The molecule has 0 spiro atoms. The summed E-state index contributed by atoms with van der Waals surface area (Å²) in [5, 5.41) is 3.55. The largest absolute Gasteiger partial charge is 0.455 e. The second-order valence-corrected chi connectivity index (χ2v) is 7.03. The monoisotopic (exact) mass is 358 g/mol. The lowest BCUT2D eigenvalue weighted by atomic mass is 9.97. The standard InChI is InChI=1S/C25H22NO/c1-15-9-10-20(16(2)11-15)24-23-21-12-18-7-5-6-8-19(18)13-22(21)27-25(23)17(3)14-26(24)4/h5-14H,1-4H3/q+1/i1D3,3D3. The van der Waals surface area contributed by atoms with Crippen molar-refractivity contribution in [2.45, 2.75) is 20.6 Å². The Morgan fingerprint density at radius 1 is 0.926 bits per heavy atom. The van der Waals surface area contributed by atoms with Gasteiger partial charge in [0.1, 0.15) is 18.0 Å². The molecule has 0 atom stereocenters. The second kappa shape index (κ2) is 5.68. The molecule has 0 saturated carbocycles. The zero-order chi connectivity index (χ0) is 23.7. The Labute approximate surface area is 167 Å². The van der Waals surface area contributed by atoms with E-state index in [4.69, 9.17) is 12.6 Å². The first-order valence-corrected chi connectivity index (χ1v) is 8.85. The van der Waals surface area contributed by atoms with Gasteiger partial charge in [0, 0.05) is 19.2 Å². The molecule has 0 fully saturated rings. The summed E-state index contributed by atoms with van der Waals surface area (Å²) < 4.78 is 55.4. The molecule has 0 radical (unpaired) electrons. The number of pyridine rings is 1. The van der Waals surface area contributed by atoms with E-state index >= 15 is 0 Å². The van der Waals surface area contributed by atoms with Crippen LogP contribution in [0.5, 0.6) is 0 Å². The van der Waals surface area contributed by atoms with Crippen molar-refractivity contribution in [2.24, 2.45) is 7.05 Å². The van der Waals surface area contributed by atoms with Crippen LogP contribution in [0.4, 0.5) is 0 Å². The first kappa shape index (κ1) is 10.9. The lowest BCUT2D eigenvalue weighted by molar-refractivity contribution is -0.659. The molecule has 27 heavy (non-hydrogen) atoms. The Bertz CT molecular complexity index is 1560. The Balaban J connectivity index is 1.93. The maximum Gasteiger partial charge on any atom is 0.224 e. The molecule has 2 aromatic heterocycles. The first-order valence-electron chi connectivity index (χ1n) is 11.8. The number of furan rings is 1. The molecule has 0 bridgehead atoms. The number of benzene rings is 3. The minimum atomic E-state index is -2.36. The highest BCUT2D eigenvalue weighted by atomic mass is 16.3. The molecule has 0 aliphatic carbocycles. The SMILES string of the molecule is [2H]C([2H])([2H])c1ccc(-c2c3c(oc4cc5ccccc5cc43)c(C([2H])([2H])[2H])c[n+]2C)c(C)c1. The Kier molecular flexibility index (Phi) is 2.29. The summed E-state index contributed by atoms with van der Waals surface area (Å²) >= 11 is 0. The van der Waals surface area contributed by atoms with E-state index in [-0.39, 0.29) is 11.1 Å². The predicted molar refractivity (Wildman–Crippen MR) is 112 cm³/mol. The van der Waals surface area contributed by atoms with Gasteiger partial charge in [0.05, 0.1) is 5.56 Å². The van der Waals surface area contributed by atoms with Crippen molar-refractivity contribution in [3.8, 4) is 11.3 Å². The molecule has 0 amide bonds. The van der Waals surface area contributed by atoms with Gasteiger partial charge in [0.15, 0.2) is 11.8 Å². The first-order chi connectivity index (χ1) is 15.4. The van der Waals surface area contributed by atoms with Crippen LogP contribution in [0.25, 0.3) is 44.0 Å². The van der Waals surface area contributed by atoms with Crippen molar-refractivity contribution in [3.05, 3.63) is 77.5 Å². The van der Waals surface area contributed by atoms with Crippen LogP contribution in [0.1, 0.15) is 24.9 Å². The van der Waals surface area contributed by atoms with Gasteiger partial charge < -0.3 is 4.42 Å². The molecule has 0 aliphatic rings. The van der Waals surface area contributed by atoms with Crippen molar-refractivity contribution in [3.63, 3.8) is 0 Å². The third-order valence-corrected chi connectivity index (χ3v) is 5.19. The van der Waals surface area contributed by atoms with Gasteiger partial charge in [-0.15, -0.1) is 0 Å². The van der Waals surface area contributed by atoms with Crippen molar-refractivity contribution in [2.75, 3.05) is 0 Å². The van der Waals surface area contributed by atoms with E-state index in [1.54, 1.807) is 36.0 Å². The van der Waals surface area contributed by atoms with Crippen LogP contribution in [-0.2, 0) is 7.05 Å². The molecule has 0 unspecified atom stereocenters. The summed E-state index contributed by atoms with van der Waals surface area (Å²) in [7, 11) is 1.81. The van der Waals surface area contributed by atoms with Crippen LogP contribution in [0.2, 0.25) is 0 Å². The molecule has 2 nitrogen and oxygen atoms in total. The van der Waals surface area contributed by atoms with Crippen LogP contribution in [0, 0.1) is 20.6 Å². The molecule has 0 N–H and O–H groups in total. The van der Waals surface area contributed by atoms with Crippen molar-refractivity contribution >= 4 is 32.7 Å². The molecule has 2 heteroatoms. The van der Waals surface area contributed by atoms with Gasteiger partial charge >= 0.3 is 0 Å². The summed E-state index contributed by atoms with van der Waals surface area (Å²) in [5.74, 6) is 0. The summed E-state index contributed by atoms with van der Waals surface area (Å²) in [6.07, 6.45) is 1.59. The average molecular weight is 358 g/mol. The highest BCUT2D eigenvalue weighted by Crippen LogP contribution is 2.38. The minimum absolute atomic E-state index is 0.140. The number of aryl methyl sites for hydroxylation is 4. The zero-order valence-corrected chi connectivity index (χ0v) is 15.1. The van der Waals surface area contributed by atoms with Crippen LogP contribution in [-0.4, -0.2) is 0 Å².